The molecule has 1 aliphatic rings. The normalized spacial score (nSPS) is 14.0. The van der Waals surface area contributed by atoms with Gasteiger partial charge in [-0.25, -0.2) is 0 Å². The first-order valence-electron chi connectivity index (χ1n) is 11.2. The molecule has 0 saturated carbocycles. The lowest BCUT2D eigenvalue weighted by atomic mass is 9.89. The molecule has 34 heavy (non-hydrogen) atoms. The molecule has 1 aliphatic heterocycles. The Hall–Kier alpha value is -4.07. The van der Waals surface area contributed by atoms with Gasteiger partial charge in [0.1, 0.15) is 11.4 Å². The van der Waals surface area contributed by atoms with Gasteiger partial charge in [0.25, 0.3) is 11.8 Å². The maximum absolute atomic E-state index is 12.9. The zero-order chi connectivity index (χ0) is 24.2. The smallest absolute Gasteiger partial charge is 0.272 e. The fraction of sp³-hybridized carbons (Fsp3) is 0.269. The third-order valence-corrected chi connectivity index (χ3v) is 6.15. The number of benzene rings is 2. The van der Waals surface area contributed by atoms with E-state index in [-0.39, 0.29) is 29.2 Å². The number of nitrogens with zero attached hydrogens (tertiary/aromatic N) is 2. The molecule has 3 amide bonds. The number of phenols is 1. The lowest BCUT2D eigenvalue weighted by Gasteiger charge is -2.32. The van der Waals surface area contributed by atoms with Crippen molar-refractivity contribution in [3.8, 4) is 5.75 Å². The molecule has 1 aromatic heterocycles. The zero-order valence-electron chi connectivity index (χ0n) is 19.2. The zero-order valence-corrected chi connectivity index (χ0v) is 19.2. The van der Waals surface area contributed by atoms with Crippen molar-refractivity contribution in [1.82, 2.24) is 9.47 Å². The molecule has 2 aromatic carbocycles. The SMILES string of the molecule is CC(=O)Nc1ccc(C(=O)N2CCC(c3ccc(NC(=O)c4cccn4C)cc3)CC2)cc1O. The molecule has 0 unspecified atom stereocenters. The molecule has 8 nitrogen and oxygen atoms in total. The molecular formula is C26H28N4O4. The topological polar surface area (TPSA) is 104 Å². The van der Waals surface area contributed by atoms with Crippen LogP contribution in [-0.4, -0.2) is 45.4 Å². The van der Waals surface area contributed by atoms with Gasteiger partial charge >= 0.3 is 0 Å². The number of amides is 3. The van der Waals surface area contributed by atoms with Gasteiger partial charge < -0.3 is 25.2 Å². The number of hydrogen-bond acceptors (Lipinski definition) is 4. The Labute approximate surface area is 198 Å². The van der Waals surface area contributed by atoms with E-state index in [0.717, 1.165) is 18.5 Å². The number of aromatic nitrogens is 1. The lowest BCUT2D eigenvalue weighted by molar-refractivity contribution is -0.114. The molecule has 0 aliphatic carbocycles. The third kappa shape index (κ3) is 5.11. The first-order valence-corrected chi connectivity index (χ1v) is 11.2. The van der Waals surface area contributed by atoms with Crippen molar-refractivity contribution in [3.05, 3.63) is 77.6 Å². The van der Waals surface area contributed by atoms with E-state index < -0.39 is 0 Å². The van der Waals surface area contributed by atoms with E-state index >= 15 is 0 Å². The van der Waals surface area contributed by atoms with Crippen LogP contribution >= 0.6 is 0 Å². The summed E-state index contributed by atoms with van der Waals surface area (Å²) in [5.41, 5.74) is 3.19. The summed E-state index contributed by atoms with van der Waals surface area (Å²) in [6.45, 7) is 2.59. The average molecular weight is 461 g/mol. The predicted octanol–water partition coefficient (Wildman–Crippen LogP) is 3.96. The highest BCUT2D eigenvalue weighted by atomic mass is 16.3. The van der Waals surface area contributed by atoms with E-state index in [1.165, 1.54) is 24.6 Å². The Morgan fingerprint density at radius 1 is 0.971 bits per heavy atom. The van der Waals surface area contributed by atoms with Crippen molar-refractivity contribution in [3.63, 3.8) is 0 Å². The van der Waals surface area contributed by atoms with Crippen LogP contribution in [-0.2, 0) is 11.8 Å². The second kappa shape index (κ2) is 9.82. The Kier molecular flexibility index (Phi) is 6.67. The Morgan fingerprint density at radius 3 is 2.26 bits per heavy atom. The number of nitrogens with one attached hydrogen (secondary N) is 2. The minimum atomic E-state index is -0.289. The molecule has 0 radical (unpaired) electrons. The molecule has 4 rings (SSSR count). The van der Waals surface area contributed by atoms with E-state index in [0.29, 0.717) is 30.3 Å². The molecule has 176 valence electrons. The van der Waals surface area contributed by atoms with Gasteiger partial charge in [0.2, 0.25) is 5.91 Å². The molecule has 1 saturated heterocycles. The van der Waals surface area contributed by atoms with Crippen LogP contribution in [0.25, 0.3) is 0 Å². The maximum Gasteiger partial charge on any atom is 0.272 e. The standard InChI is InChI=1S/C26H28N4O4/c1-17(31)27-22-10-7-20(16-24(22)32)26(34)30-14-11-19(12-15-30)18-5-8-21(9-6-18)28-25(33)23-4-3-13-29(23)2/h3-10,13,16,19,32H,11-12,14-15H2,1-2H3,(H,27,31)(H,28,33). The largest absolute Gasteiger partial charge is 0.506 e. The van der Waals surface area contributed by atoms with Gasteiger partial charge in [-0.3, -0.25) is 14.4 Å². The van der Waals surface area contributed by atoms with Crippen LogP contribution in [0.2, 0.25) is 0 Å². The maximum atomic E-state index is 12.9. The average Bonchev–Trinajstić information content (AvgIpc) is 3.26. The van der Waals surface area contributed by atoms with Crippen molar-refractivity contribution in [2.75, 3.05) is 23.7 Å². The number of aryl methyl sites for hydroxylation is 1. The summed E-state index contributed by atoms with van der Waals surface area (Å²) < 4.78 is 1.78. The van der Waals surface area contributed by atoms with Gasteiger partial charge in [-0.1, -0.05) is 12.1 Å². The summed E-state index contributed by atoms with van der Waals surface area (Å²) in [5, 5.41) is 15.6. The van der Waals surface area contributed by atoms with Crippen LogP contribution in [0.5, 0.6) is 5.75 Å². The summed E-state index contributed by atoms with van der Waals surface area (Å²) in [6.07, 6.45) is 3.49. The van der Waals surface area contributed by atoms with E-state index in [4.69, 9.17) is 0 Å². The van der Waals surface area contributed by atoms with Gasteiger partial charge in [-0.15, -0.1) is 0 Å². The quantitative estimate of drug-likeness (QED) is 0.502. The first kappa shape index (κ1) is 23.1. The number of rotatable bonds is 5. The molecule has 8 heteroatoms. The predicted molar refractivity (Wildman–Crippen MR) is 130 cm³/mol. The molecule has 1 fully saturated rings. The number of carbonyl (C=O) groups excluding carboxylic acids is 3. The molecule has 0 atom stereocenters. The first-order chi connectivity index (χ1) is 16.3. The highest BCUT2D eigenvalue weighted by molar-refractivity contribution is 6.03. The fourth-order valence-electron chi connectivity index (χ4n) is 4.29. The van der Waals surface area contributed by atoms with Gasteiger partial charge in [0, 0.05) is 44.5 Å². The molecule has 0 spiro atoms. The van der Waals surface area contributed by atoms with Gasteiger partial charge in [0.05, 0.1) is 5.69 Å². The van der Waals surface area contributed by atoms with Gasteiger partial charge in [-0.2, -0.15) is 0 Å². The van der Waals surface area contributed by atoms with Crippen LogP contribution < -0.4 is 10.6 Å². The van der Waals surface area contributed by atoms with Gasteiger partial charge in [-0.05, 0) is 66.8 Å². The highest BCUT2D eigenvalue weighted by Crippen LogP contribution is 2.31. The summed E-state index contributed by atoms with van der Waals surface area (Å²) >= 11 is 0. The Bertz CT molecular complexity index is 1210. The Balaban J connectivity index is 1.33. The van der Waals surface area contributed by atoms with Crippen molar-refractivity contribution >= 4 is 29.1 Å². The van der Waals surface area contributed by atoms with E-state index in [1.54, 1.807) is 21.6 Å². The van der Waals surface area contributed by atoms with Crippen molar-refractivity contribution in [1.29, 1.82) is 0 Å². The monoisotopic (exact) mass is 460 g/mol. The van der Waals surface area contributed by atoms with Crippen molar-refractivity contribution in [2.45, 2.75) is 25.7 Å². The molecule has 3 N–H and O–H groups in total. The number of carbonyl (C=O) groups is 3. The molecular weight excluding hydrogens is 432 g/mol. The second-order valence-electron chi connectivity index (χ2n) is 8.56. The molecule has 2 heterocycles. The number of aromatic hydroxyl groups is 1. The fourth-order valence-corrected chi connectivity index (χ4v) is 4.29. The number of hydrogen-bond donors (Lipinski definition) is 3. The number of likely N-dealkylation sites (tertiary alicyclic amines) is 1. The second-order valence-corrected chi connectivity index (χ2v) is 8.56. The third-order valence-electron chi connectivity index (χ3n) is 6.15. The van der Waals surface area contributed by atoms with Crippen LogP contribution in [0.4, 0.5) is 11.4 Å². The van der Waals surface area contributed by atoms with Crippen LogP contribution in [0.15, 0.2) is 60.8 Å². The summed E-state index contributed by atoms with van der Waals surface area (Å²) in [6, 6.07) is 16.0. The summed E-state index contributed by atoms with van der Waals surface area (Å²) in [5.74, 6) is -0.375. The van der Waals surface area contributed by atoms with E-state index in [1.807, 2.05) is 43.6 Å². The van der Waals surface area contributed by atoms with Crippen LogP contribution in [0.3, 0.4) is 0 Å². The van der Waals surface area contributed by atoms with Gasteiger partial charge in [0.15, 0.2) is 0 Å². The van der Waals surface area contributed by atoms with Crippen molar-refractivity contribution < 1.29 is 19.5 Å². The number of phenolic OH excluding ortho intramolecular Hbond substituents is 1. The summed E-state index contributed by atoms with van der Waals surface area (Å²) in [4.78, 5) is 38.2. The minimum absolute atomic E-state index is 0.129. The lowest BCUT2D eigenvalue weighted by Crippen LogP contribution is -2.37. The number of piperidine rings is 1. The van der Waals surface area contributed by atoms with E-state index in [2.05, 4.69) is 10.6 Å². The van der Waals surface area contributed by atoms with Crippen molar-refractivity contribution in [2.24, 2.45) is 7.05 Å². The molecule has 3 aromatic rings. The van der Waals surface area contributed by atoms with E-state index in [9.17, 15) is 19.5 Å². The van der Waals surface area contributed by atoms with Crippen LogP contribution in [0, 0.1) is 0 Å². The number of anilines is 2. The minimum Gasteiger partial charge on any atom is -0.506 e. The highest BCUT2D eigenvalue weighted by Gasteiger charge is 2.25. The summed E-state index contributed by atoms with van der Waals surface area (Å²) in [7, 11) is 1.83. The van der Waals surface area contributed by atoms with Crippen LogP contribution in [0.1, 0.15) is 52.1 Å². The molecule has 0 bridgehead atoms. The Morgan fingerprint density at radius 2 is 1.68 bits per heavy atom.